The van der Waals surface area contributed by atoms with Gasteiger partial charge in [-0.15, -0.1) is 0 Å². The van der Waals surface area contributed by atoms with E-state index in [1.807, 2.05) is 18.2 Å². The first-order chi connectivity index (χ1) is 11.6. The molecular formula is C16H14F3NO4S. The molecule has 2 N–H and O–H groups in total. The Kier molecular flexibility index (Phi) is 5.48. The first-order valence-corrected chi connectivity index (χ1v) is 8.46. The molecule has 0 saturated heterocycles. The van der Waals surface area contributed by atoms with Crippen LogP contribution in [-0.4, -0.2) is 25.9 Å². The van der Waals surface area contributed by atoms with Crippen LogP contribution in [-0.2, 0) is 25.5 Å². The second-order valence-corrected chi connectivity index (χ2v) is 6.67. The quantitative estimate of drug-likeness (QED) is 0.643. The fraction of sp³-hybridized carbons (Fsp3) is 0.188. The maximum absolute atomic E-state index is 12.3. The number of rotatable bonds is 5. The summed E-state index contributed by atoms with van der Waals surface area (Å²) >= 11 is 0. The smallest absolute Gasteiger partial charge is 0.338 e. The van der Waals surface area contributed by atoms with Gasteiger partial charge in [0.05, 0.1) is 0 Å². The van der Waals surface area contributed by atoms with Crippen molar-refractivity contribution in [2.24, 2.45) is 5.73 Å². The lowest BCUT2D eigenvalue weighted by atomic mass is 9.95. The van der Waals surface area contributed by atoms with Gasteiger partial charge in [0.25, 0.3) is 0 Å². The van der Waals surface area contributed by atoms with Crippen molar-refractivity contribution < 1.29 is 30.6 Å². The highest BCUT2D eigenvalue weighted by Gasteiger charge is 2.50. The summed E-state index contributed by atoms with van der Waals surface area (Å²) in [6.45, 7) is 0. The summed E-state index contributed by atoms with van der Waals surface area (Å²) in [4.78, 5) is 11.6. The highest BCUT2D eigenvalue weighted by atomic mass is 32.2. The van der Waals surface area contributed by atoms with Gasteiger partial charge in [0.2, 0.25) is 0 Å². The van der Waals surface area contributed by atoms with Gasteiger partial charge >= 0.3 is 21.6 Å². The van der Waals surface area contributed by atoms with E-state index in [2.05, 4.69) is 4.18 Å². The number of benzene rings is 2. The largest absolute Gasteiger partial charge is 0.534 e. The molecule has 0 heterocycles. The number of carbonyl (C=O) groups is 1. The average molecular weight is 373 g/mol. The molecule has 0 aliphatic carbocycles. The first-order valence-electron chi connectivity index (χ1n) is 7.05. The van der Waals surface area contributed by atoms with Crippen LogP contribution in [0.1, 0.15) is 5.56 Å². The molecule has 9 heteroatoms. The molecule has 0 spiro atoms. The standard InChI is InChI=1S/C16H14F3NO4S/c17-16(18,19)25(22,23)24-15(21)14(20)10-12-8-4-5-9-13(12)11-6-2-1-3-7-11/h1-9,14H,10,20H2/t14-/m0/s1. The van der Waals surface area contributed by atoms with Crippen molar-refractivity contribution in [3.63, 3.8) is 0 Å². The lowest BCUT2D eigenvalue weighted by molar-refractivity contribution is -0.137. The molecule has 0 bridgehead atoms. The number of carbonyl (C=O) groups excluding carboxylic acids is 1. The fourth-order valence-corrected chi connectivity index (χ4v) is 2.57. The second kappa shape index (κ2) is 7.24. The van der Waals surface area contributed by atoms with E-state index >= 15 is 0 Å². The van der Waals surface area contributed by atoms with Gasteiger partial charge in [0, 0.05) is 0 Å². The van der Waals surface area contributed by atoms with Crippen LogP contribution in [0.25, 0.3) is 11.1 Å². The third-order valence-electron chi connectivity index (χ3n) is 3.32. The lowest BCUT2D eigenvalue weighted by Gasteiger charge is -2.15. The summed E-state index contributed by atoms with van der Waals surface area (Å²) in [5.74, 6) is -1.67. The molecule has 2 aromatic rings. The molecule has 1 atom stereocenters. The zero-order valence-corrected chi connectivity index (χ0v) is 13.5. The maximum Gasteiger partial charge on any atom is 0.534 e. The van der Waals surface area contributed by atoms with Crippen molar-refractivity contribution in [3.05, 3.63) is 60.2 Å². The number of hydrogen-bond donors (Lipinski definition) is 1. The third kappa shape index (κ3) is 4.58. The molecule has 25 heavy (non-hydrogen) atoms. The Morgan fingerprint density at radius 2 is 1.60 bits per heavy atom. The van der Waals surface area contributed by atoms with Gasteiger partial charge in [-0.05, 0) is 23.1 Å². The van der Waals surface area contributed by atoms with Crippen LogP contribution < -0.4 is 5.73 Å². The molecule has 0 aliphatic rings. The van der Waals surface area contributed by atoms with E-state index in [1.54, 1.807) is 36.4 Å². The van der Waals surface area contributed by atoms with Crippen molar-refractivity contribution in [1.82, 2.24) is 0 Å². The van der Waals surface area contributed by atoms with E-state index in [4.69, 9.17) is 5.73 Å². The number of halogens is 3. The van der Waals surface area contributed by atoms with E-state index in [0.29, 0.717) is 5.56 Å². The maximum atomic E-state index is 12.3. The lowest BCUT2D eigenvalue weighted by Crippen LogP contribution is -2.38. The Balaban J connectivity index is 2.19. The van der Waals surface area contributed by atoms with Crippen molar-refractivity contribution >= 4 is 16.1 Å². The van der Waals surface area contributed by atoms with E-state index in [-0.39, 0.29) is 6.42 Å². The van der Waals surface area contributed by atoms with Gasteiger partial charge in [-0.25, -0.2) is 4.79 Å². The minimum Gasteiger partial charge on any atom is -0.338 e. The Bertz CT molecular complexity index is 851. The summed E-state index contributed by atoms with van der Waals surface area (Å²) in [6.07, 6.45) is -0.183. The highest BCUT2D eigenvalue weighted by Crippen LogP contribution is 2.26. The van der Waals surface area contributed by atoms with Gasteiger partial charge in [-0.2, -0.15) is 21.6 Å². The minimum absolute atomic E-state index is 0.183. The van der Waals surface area contributed by atoms with E-state index < -0.39 is 27.6 Å². The van der Waals surface area contributed by atoms with Crippen LogP contribution in [0.2, 0.25) is 0 Å². The second-order valence-electron chi connectivity index (χ2n) is 5.14. The fourth-order valence-electron chi connectivity index (χ4n) is 2.14. The Labute approximate surface area is 142 Å². The summed E-state index contributed by atoms with van der Waals surface area (Å²) < 4.78 is 62.1. The molecule has 0 fully saturated rings. The average Bonchev–Trinajstić information content (AvgIpc) is 2.54. The number of alkyl halides is 3. The molecule has 2 rings (SSSR count). The van der Waals surface area contributed by atoms with Gasteiger partial charge in [0.1, 0.15) is 6.04 Å². The highest BCUT2D eigenvalue weighted by molar-refractivity contribution is 7.88. The predicted octanol–water partition coefficient (Wildman–Crippen LogP) is 2.62. The molecule has 0 aliphatic heterocycles. The monoisotopic (exact) mass is 373 g/mol. The zero-order valence-electron chi connectivity index (χ0n) is 12.7. The summed E-state index contributed by atoms with van der Waals surface area (Å²) in [5, 5.41) is 0. The van der Waals surface area contributed by atoms with Crippen LogP contribution in [0.3, 0.4) is 0 Å². The van der Waals surface area contributed by atoms with Crippen molar-refractivity contribution in [2.45, 2.75) is 18.0 Å². The molecule has 2 aromatic carbocycles. The van der Waals surface area contributed by atoms with Crippen molar-refractivity contribution in [2.75, 3.05) is 0 Å². The van der Waals surface area contributed by atoms with Gasteiger partial charge in [-0.3, -0.25) is 0 Å². The Morgan fingerprint density at radius 3 is 2.20 bits per heavy atom. The topological polar surface area (TPSA) is 86.5 Å². The van der Waals surface area contributed by atoms with Crippen molar-refractivity contribution in [3.8, 4) is 11.1 Å². The van der Waals surface area contributed by atoms with Crippen LogP contribution in [0.15, 0.2) is 54.6 Å². The Morgan fingerprint density at radius 1 is 1.04 bits per heavy atom. The molecule has 0 saturated carbocycles. The van der Waals surface area contributed by atoms with Crippen LogP contribution in [0.5, 0.6) is 0 Å². The van der Waals surface area contributed by atoms with E-state index in [9.17, 15) is 26.4 Å². The SMILES string of the molecule is N[C@@H](Cc1ccccc1-c1ccccc1)C(=O)OS(=O)(=O)C(F)(F)F. The van der Waals surface area contributed by atoms with Crippen LogP contribution in [0, 0.1) is 0 Å². The predicted molar refractivity (Wildman–Crippen MR) is 84.6 cm³/mol. The van der Waals surface area contributed by atoms with E-state index in [0.717, 1.165) is 11.1 Å². The molecular weight excluding hydrogens is 359 g/mol. The first kappa shape index (κ1) is 18.9. The minimum atomic E-state index is -6.03. The molecule has 0 unspecified atom stereocenters. The van der Waals surface area contributed by atoms with E-state index in [1.165, 1.54) is 0 Å². The van der Waals surface area contributed by atoms with Crippen LogP contribution >= 0.6 is 0 Å². The molecule has 134 valence electrons. The molecule has 0 amide bonds. The molecule has 0 aromatic heterocycles. The normalized spacial score (nSPS) is 13.3. The van der Waals surface area contributed by atoms with Gasteiger partial charge < -0.3 is 9.92 Å². The van der Waals surface area contributed by atoms with Crippen molar-refractivity contribution in [1.29, 1.82) is 0 Å². The summed E-state index contributed by atoms with van der Waals surface area (Å²) in [7, 11) is -6.03. The summed E-state index contributed by atoms with van der Waals surface area (Å²) in [5.41, 5.74) is 1.97. The van der Waals surface area contributed by atoms with Crippen LogP contribution in [0.4, 0.5) is 13.2 Å². The van der Waals surface area contributed by atoms with Gasteiger partial charge in [0.15, 0.2) is 0 Å². The zero-order chi connectivity index (χ0) is 18.7. The molecule has 5 nitrogen and oxygen atoms in total. The number of nitrogens with two attached hydrogens (primary N) is 1. The molecule has 0 radical (unpaired) electrons. The third-order valence-corrected chi connectivity index (χ3v) is 4.27. The number of hydrogen-bond acceptors (Lipinski definition) is 5. The Hall–Kier alpha value is -2.39. The van der Waals surface area contributed by atoms with Gasteiger partial charge in [-0.1, -0.05) is 54.6 Å². The summed E-state index contributed by atoms with van der Waals surface area (Å²) in [6, 6.07) is 14.3.